The summed E-state index contributed by atoms with van der Waals surface area (Å²) < 4.78 is 6.02. The van der Waals surface area contributed by atoms with Crippen LogP contribution in [0.4, 0.5) is 5.69 Å². The lowest BCUT2D eigenvalue weighted by atomic mass is 9.92. The van der Waals surface area contributed by atoms with E-state index in [9.17, 15) is 9.90 Å². The number of piperidine rings is 1. The Morgan fingerprint density at radius 3 is 2.53 bits per heavy atom. The van der Waals surface area contributed by atoms with Gasteiger partial charge in [-0.15, -0.1) is 0 Å². The normalized spacial score (nSPS) is 23.3. The predicted molar refractivity (Wildman–Crippen MR) is 124 cm³/mol. The molecule has 1 heterocycles. The fourth-order valence-corrected chi connectivity index (χ4v) is 4.67. The van der Waals surface area contributed by atoms with Gasteiger partial charge in [-0.1, -0.05) is 11.6 Å². The molecule has 1 saturated heterocycles. The quantitative estimate of drug-likeness (QED) is 0.705. The largest absolute Gasteiger partial charge is 0.490 e. The van der Waals surface area contributed by atoms with Crippen LogP contribution in [-0.4, -0.2) is 42.4 Å². The Bertz CT molecular complexity index is 981. The first-order valence-corrected chi connectivity index (χ1v) is 11.6. The smallest absolute Gasteiger partial charge is 0.251 e. The summed E-state index contributed by atoms with van der Waals surface area (Å²) >= 11 is 6.08. The van der Waals surface area contributed by atoms with Gasteiger partial charge in [0.25, 0.3) is 5.91 Å². The van der Waals surface area contributed by atoms with E-state index in [2.05, 4.69) is 10.2 Å². The maximum Gasteiger partial charge on any atom is 0.251 e. The average molecular weight is 454 g/mol. The summed E-state index contributed by atoms with van der Waals surface area (Å²) in [6.07, 6.45) is 5.02. The summed E-state index contributed by atoms with van der Waals surface area (Å²) in [7, 11) is 0. The SMILES string of the molecule is N#Cc1ccc(O[C@H]2CC[C@H](NC(=O)c3ccc(N4CCCC(O)C4)cc3)CC2)cc1Cl. The van der Waals surface area contributed by atoms with Crippen molar-refractivity contribution < 1.29 is 14.6 Å². The molecule has 32 heavy (non-hydrogen) atoms. The zero-order valence-corrected chi connectivity index (χ0v) is 18.7. The molecule has 0 radical (unpaired) electrons. The molecule has 0 bridgehead atoms. The minimum Gasteiger partial charge on any atom is -0.490 e. The van der Waals surface area contributed by atoms with Crippen molar-refractivity contribution in [3.8, 4) is 11.8 Å². The van der Waals surface area contributed by atoms with Crippen LogP contribution in [0, 0.1) is 11.3 Å². The molecule has 168 valence electrons. The van der Waals surface area contributed by atoms with Crippen LogP contribution in [0.1, 0.15) is 54.4 Å². The first-order chi connectivity index (χ1) is 15.5. The Morgan fingerprint density at radius 1 is 1.12 bits per heavy atom. The molecule has 2 aromatic carbocycles. The van der Waals surface area contributed by atoms with Gasteiger partial charge in [0.05, 0.1) is 22.8 Å². The van der Waals surface area contributed by atoms with E-state index in [-0.39, 0.29) is 24.2 Å². The maximum absolute atomic E-state index is 12.7. The number of halogens is 1. The summed E-state index contributed by atoms with van der Waals surface area (Å²) in [5.74, 6) is 0.612. The van der Waals surface area contributed by atoms with Gasteiger partial charge >= 0.3 is 0 Å². The second kappa shape index (κ2) is 10.2. The van der Waals surface area contributed by atoms with Crippen LogP contribution in [0.3, 0.4) is 0 Å². The van der Waals surface area contributed by atoms with Crippen LogP contribution in [0.25, 0.3) is 0 Å². The van der Waals surface area contributed by atoms with E-state index in [1.165, 1.54) is 0 Å². The fraction of sp³-hybridized carbons (Fsp3) is 0.440. The summed E-state index contributed by atoms with van der Waals surface area (Å²) in [5, 5.41) is 22.4. The number of aliphatic hydroxyl groups excluding tert-OH is 1. The molecule has 0 spiro atoms. The number of ether oxygens (including phenoxy) is 1. The van der Waals surface area contributed by atoms with E-state index >= 15 is 0 Å². The van der Waals surface area contributed by atoms with Crippen molar-refractivity contribution in [1.82, 2.24) is 5.32 Å². The monoisotopic (exact) mass is 453 g/mol. The minimum absolute atomic E-state index is 0.0570. The van der Waals surface area contributed by atoms with Crippen molar-refractivity contribution in [3.05, 3.63) is 58.6 Å². The molecule has 1 amide bonds. The molecule has 6 nitrogen and oxygen atoms in total. The Kier molecular flexibility index (Phi) is 7.19. The highest BCUT2D eigenvalue weighted by Gasteiger charge is 2.24. The molecule has 7 heteroatoms. The van der Waals surface area contributed by atoms with Gasteiger partial charge in [0.1, 0.15) is 11.8 Å². The highest BCUT2D eigenvalue weighted by molar-refractivity contribution is 6.31. The average Bonchev–Trinajstić information content (AvgIpc) is 2.80. The Balaban J connectivity index is 1.25. The van der Waals surface area contributed by atoms with Gasteiger partial charge in [0, 0.05) is 36.4 Å². The molecule has 4 rings (SSSR count). The van der Waals surface area contributed by atoms with Crippen LogP contribution in [0.5, 0.6) is 5.75 Å². The minimum atomic E-state index is -0.278. The third-order valence-electron chi connectivity index (χ3n) is 6.26. The van der Waals surface area contributed by atoms with Crippen molar-refractivity contribution >= 4 is 23.2 Å². The molecule has 1 unspecified atom stereocenters. The highest BCUT2D eigenvalue weighted by atomic mass is 35.5. The number of anilines is 1. The van der Waals surface area contributed by atoms with Gasteiger partial charge in [0.15, 0.2) is 0 Å². The van der Waals surface area contributed by atoms with Crippen molar-refractivity contribution in [1.29, 1.82) is 5.26 Å². The van der Waals surface area contributed by atoms with E-state index in [1.807, 2.05) is 30.3 Å². The second-order valence-corrected chi connectivity index (χ2v) is 9.01. The van der Waals surface area contributed by atoms with Crippen LogP contribution in [0.15, 0.2) is 42.5 Å². The van der Waals surface area contributed by atoms with Crippen LogP contribution in [-0.2, 0) is 0 Å². The molecule has 2 fully saturated rings. The second-order valence-electron chi connectivity index (χ2n) is 8.61. The van der Waals surface area contributed by atoms with E-state index in [1.54, 1.807) is 18.2 Å². The summed E-state index contributed by atoms with van der Waals surface area (Å²) in [4.78, 5) is 14.9. The zero-order chi connectivity index (χ0) is 22.5. The first kappa shape index (κ1) is 22.4. The summed E-state index contributed by atoms with van der Waals surface area (Å²) in [5.41, 5.74) is 2.13. The lowest BCUT2D eigenvalue weighted by Crippen LogP contribution is -2.40. The molecule has 2 aromatic rings. The number of nitrogens with zero attached hydrogens (tertiary/aromatic N) is 2. The van der Waals surface area contributed by atoms with Crippen LogP contribution in [0.2, 0.25) is 5.02 Å². The first-order valence-electron chi connectivity index (χ1n) is 11.2. The molecule has 2 N–H and O–H groups in total. The van der Waals surface area contributed by atoms with Crippen molar-refractivity contribution in [2.75, 3.05) is 18.0 Å². The Labute approximate surface area is 193 Å². The van der Waals surface area contributed by atoms with Gasteiger partial charge in [0.2, 0.25) is 0 Å². The van der Waals surface area contributed by atoms with E-state index in [0.717, 1.165) is 50.8 Å². The third kappa shape index (κ3) is 5.53. The fourth-order valence-electron chi connectivity index (χ4n) is 4.46. The highest BCUT2D eigenvalue weighted by Crippen LogP contribution is 2.27. The van der Waals surface area contributed by atoms with Crippen molar-refractivity contribution in [3.63, 3.8) is 0 Å². The number of β-amino-alcohol motifs (C(OH)–C–C–N with tert-alkyl or cyclic N) is 1. The third-order valence-corrected chi connectivity index (χ3v) is 6.58. The number of hydrogen-bond acceptors (Lipinski definition) is 5. The number of amides is 1. The molecule has 2 aliphatic rings. The summed E-state index contributed by atoms with van der Waals surface area (Å²) in [6.45, 7) is 1.58. The number of benzene rings is 2. The van der Waals surface area contributed by atoms with Gasteiger partial charge in [-0.25, -0.2) is 0 Å². The summed E-state index contributed by atoms with van der Waals surface area (Å²) in [6, 6.07) is 14.9. The van der Waals surface area contributed by atoms with E-state index in [0.29, 0.717) is 28.4 Å². The molecule has 0 aromatic heterocycles. The molecule has 1 saturated carbocycles. The molecular formula is C25H28ClN3O3. The van der Waals surface area contributed by atoms with Gasteiger partial charge < -0.3 is 20.1 Å². The van der Waals surface area contributed by atoms with Gasteiger partial charge in [-0.3, -0.25) is 4.79 Å². The Hall–Kier alpha value is -2.75. The molecule has 1 aliphatic heterocycles. The zero-order valence-electron chi connectivity index (χ0n) is 18.0. The molecular weight excluding hydrogens is 426 g/mol. The number of nitriles is 1. The molecule has 1 atom stereocenters. The predicted octanol–water partition coefficient (Wildman–Crippen LogP) is 4.29. The number of aliphatic hydroxyl groups is 1. The van der Waals surface area contributed by atoms with Crippen molar-refractivity contribution in [2.24, 2.45) is 0 Å². The number of hydrogen-bond donors (Lipinski definition) is 2. The lowest BCUT2D eigenvalue weighted by Gasteiger charge is -2.32. The van der Waals surface area contributed by atoms with Crippen molar-refractivity contribution in [2.45, 2.75) is 56.8 Å². The lowest BCUT2D eigenvalue weighted by molar-refractivity contribution is 0.0894. The van der Waals surface area contributed by atoms with E-state index in [4.69, 9.17) is 21.6 Å². The van der Waals surface area contributed by atoms with E-state index < -0.39 is 0 Å². The van der Waals surface area contributed by atoms with Crippen LogP contribution >= 0.6 is 11.6 Å². The number of nitrogens with one attached hydrogen (secondary N) is 1. The van der Waals surface area contributed by atoms with Gasteiger partial charge in [-0.05, 0) is 74.9 Å². The maximum atomic E-state index is 12.7. The topological polar surface area (TPSA) is 85.6 Å². The number of rotatable bonds is 5. The standard InChI is InChI=1S/C25H28ClN3O3/c26-24-14-23(10-5-18(24)15-27)32-22-11-6-19(7-12-22)28-25(31)17-3-8-20(9-4-17)29-13-1-2-21(30)16-29/h3-5,8-10,14,19,21-22,30H,1-2,6-7,11-13,16H2,(H,28,31)/t19-,21?,22-. The number of carbonyl (C=O) groups excluding carboxylic acids is 1. The number of carbonyl (C=O) groups is 1. The Morgan fingerprint density at radius 2 is 1.88 bits per heavy atom. The van der Waals surface area contributed by atoms with Crippen LogP contribution < -0.4 is 15.0 Å². The van der Waals surface area contributed by atoms with Gasteiger partial charge in [-0.2, -0.15) is 5.26 Å². The molecule has 1 aliphatic carbocycles.